The first kappa shape index (κ1) is 21.7. The van der Waals surface area contributed by atoms with Gasteiger partial charge in [0.1, 0.15) is 0 Å². The number of hydrogen-bond acceptors (Lipinski definition) is 2. The second-order valence-electron chi connectivity index (χ2n) is 10.9. The van der Waals surface area contributed by atoms with Crippen molar-refractivity contribution < 1.29 is 4.74 Å². The number of ether oxygens (including phenoxy) is 1. The number of nitrogens with zero attached hydrogens (tertiary/aromatic N) is 1. The van der Waals surface area contributed by atoms with Gasteiger partial charge in [0.05, 0.1) is 6.10 Å². The molecule has 4 aliphatic rings. The molecule has 2 saturated carbocycles. The fourth-order valence-corrected chi connectivity index (χ4v) is 7.94. The molecule has 1 aromatic heterocycles. The zero-order chi connectivity index (χ0) is 21.5. The third-order valence-electron chi connectivity index (χ3n) is 9.49. The highest BCUT2D eigenvalue weighted by atomic mass is 35.5. The summed E-state index contributed by atoms with van der Waals surface area (Å²) >= 11 is 5.82. The van der Waals surface area contributed by atoms with Gasteiger partial charge < -0.3 is 4.74 Å². The Bertz CT molecular complexity index is 848. The van der Waals surface area contributed by atoms with Crippen LogP contribution in [0.5, 0.6) is 0 Å². The Morgan fingerprint density at radius 3 is 2.74 bits per heavy atom. The van der Waals surface area contributed by atoms with Crippen LogP contribution >= 0.6 is 11.6 Å². The lowest BCUT2D eigenvalue weighted by molar-refractivity contribution is -0.0388. The summed E-state index contributed by atoms with van der Waals surface area (Å²) in [6.45, 7) is 6.01. The van der Waals surface area contributed by atoms with E-state index in [0.29, 0.717) is 16.9 Å². The molecule has 0 spiro atoms. The molecule has 1 aromatic rings. The lowest BCUT2D eigenvalue weighted by atomic mass is 9.47. The first-order valence-corrected chi connectivity index (χ1v) is 13.1. The van der Waals surface area contributed by atoms with Gasteiger partial charge >= 0.3 is 0 Å². The monoisotopic (exact) mass is 439 g/mol. The van der Waals surface area contributed by atoms with E-state index in [1.165, 1.54) is 44.1 Å². The van der Waals surface area contributed by atoms with Crippen LogP contribution in [0.3, 0.4) is 0 Å². The van der Waals surface area contributed by atoms with Gasteiger partial charge in [0.25, 0.3) is 0 Å². The number of fused-ring (bicyclic) bond motifs is 5. The maximum atomic E-state index is 6.25. The maximum Gasteiger partial charge on any atom is 0.0612 e. The van der Waals surface area contributed by atoms with E-state index in [-0.39, 0.29) is 0 Å². The molecule has 0 N–H and O–H groups in total. The van der Waals surface area contributed by atoms with Crippen LogP contribution in [-0.4, -0.2) is 23.6 Å². The number of unbranched alkanes of at least 4 members (excludes halogenated alkanes) is 1. The van der Waals surface area contributed by atoms with Gasteiger partial charge in [-0.15, -0.1) is 11.6 Å². The van der Waals surface area contributed by atoms with Gasteiger partial charge in [-0.05, 0) is 104 Å². The summed E-state index contributed by atoms with van der Waals surface area (Å²) in [4.78, 5) is 4.41. The summed E-state index contributed by atoms with van der Waals surface area (Å²) in [6.07, 6.45) is 20.6. The molecule has 0 radical (unpaired) electrons. The van der Waals surface area contributed by atoms with Crippen molar-refractivity contribution in [1.82, 2.24) is 4.98 Å². The minimum atomic E-state index is 0.314. The van der Waals surface area contributed by atoms with Crippen molar-refractivity contribution in [3.63, 3.8) is 0 Å². The molecule has 3 heteroatoms. The van der Waals surface area contributed by atoms with Crippen molar-refractivity contribution in [3.8, 4) is 0 Å². The fraction of sp³-hybridized carbons (Fsp3) is 0.679. The second kappa shape index (κ2) is 8.67. The predicted octanol–water partition coefficient (Wildman–Crippen LogP) is 7.44. The van der Waals surface area contributed by atoms with Gasteiger partial charge in [-0.2, -0.15) is 0 Å². The Morgan fingerprint density at radius 2 is 1.94 bits per heavy atom. The Labute approximate surface area is 193 Å². The molecule has 31 heavy (non-hydrogen) atoms. The van der Waals surface area contributed by atoms with Gasteiger partial charge in [-0.25, -0.2) is 0 Å². The van der Waals surface area contributed by atoms with Gasteiger partial charge in [-0.3, -0.25) is 4.98 Å². The van der Waals surface area contributed by atoms with E-state index in [4.69, 9.17) is 16.3 Å². The van der Waals surface area contributed by atoms with Crippen LogP contribution < -0.4 is 0 Å². The lowest BCUT2D eigenvalue weighted by Gasteiger charge is -2.58. The van der Waals surface area contributed by atoms with Gasteiger partial charge in [0.15, 0.2) is 0 Å². The third kappa shape index (κ3) is 3.72. The normalized spacial score (nSPS) is 39.2. The number of allylic oxidation sites excluding steroid dienone is 3. The molecule has 0 bridgehead atoms. The number of halogens is 1. The van der Waals surface area contributed by atoms with Gasteiger partial charge in [-0.1, -0.05) is 37.6 Å². The first-order valence-electron chi connectivity index (χ1n) is 12.5. The van der Waals surface area contributed by atoms with Crippen LogP contribution in [0.4, 0.5) is 0 Å². The molecule has 0 aromatic carbocycles. The number of alkyl halides is 1. The summed E-state index contributed by atoms with van der Waals surface area (Å²) in [5.41, 5.74) is 5.32. The van der Waals surface area contributed by atoms with E-state index >= 15 is 0 Å². The molecule has 1 heterocycles. The number of rotatable bonds is 6. The summed E-state index contributed by atoms with van der Waals surface area (Å²) in [6, 6.07) is 4.35. The topological polar surface area (TPSA) is 22.1 Å². The average Bonchev–Trinajstić information content (AvgIpc) is 3.14. The van der Waals surface area contributed by atoms with Crippen LogP contribution in [0.15, 0.2) is 42.3 Å². The molecular formula is C28H38ClNO. The average molecular weight is 440 g/mol. The van der Waals surface area contributed by atoms with Crippen LogP contribution in [0.25, 0.3) is 5.57 Å². The van der Waals surface area contributed by atoms with Crippen molar-refractivity contribution in [2.75, 3.05) is 12.5 Å². The van der Waals surface area contributed by atoms with Crippen molar-refractivity contribution in [2.45, 2.75) is 77.7 Å². The quantitative estimate of drug-likeness (QED) is 0.261. The van der Waals surface area contributed by atoms with E-state index in [9.17, 15) is 0 Å². The van der Waals surface area contributed by atoms with E-state index in [2.05, 4.69) is 49.3 Å². The maximum absolute atomic E-state index is 6.25. The van der Waals surface area contributed by atoms with Crippen molar-refractivity contribution in [1.29, 1.82) is 0 Å². The molecule has 4 aliphatic carbocycles. The van der Waals surface area contributed by atoms with E-state index in [0.717, 1.165) is 49.5 Å². The lowest BCUT2D eigenvalue weighted by Crippen LogP contribution is -2.50. The smallest absolute Gasteiger partial charge is 0.0612 e. The predicted molar refractivity (Wildman–Crippen MR) is 129 cm³/mol. The molecule has 2 nitrogen and oxygen atoms in total. The fourth-order valence-electron chi connectivity index (χ4n) is 7.75. The minimum absolute atomic E-state index is 0.314. The highest BCUT2D eigenvalue weighted by Crippen LogP contribution is 2.66. The number of aromatic nitrogens is 1. The molecule has 0 aliphatic heterocycles. The van der Waals surface area contributed by atoms with Crippen LogP contribution in [-0.2, 0) is 4.74 Å². The summed E-state index contributed by atoms with van der Waals surface area (Å²) in [7, 11) is 0. The van der Waals surface area contributed by atoms with Crippen LogP contribution in [0.1, 0.15) is 77.2 Å². The van der Waals surface area contributed by atoms with Gasteiger partial charge in [0, 0.05) is 24.9 Å². The number of hydrogen-bond donors (Lipinski definition) is 0. The Hall–Kier alpha value is -1.12. The largest absolute Gasteiger partial charge is 0.378 e. The zero-order valence-electron chi connectivity index (χ0n) is 19.3. The molecule has 0 saturated heterocycles. The third-order valence-corrected chi connectivity index (χ3v) is 9.76. The van der Waals surface area contributed by atoms with Crippen molar-refractivity contribution in [3.05, 3.63) is 47.8 Å². The highest BCUT2D eigenvalue weighted by molar-refractivity contribution is 6.17. The second-order valence-corrected chi connectivity index (χ2v) is 11.3. The van der Waals surface area contributed by atoms with Crippen LogP contribution in [0.2, 0.25) is 0 Å². The van der Waals surface area contributed by atoms with E-state index in [1.807, 2.05) is 6.20 Å². The molecule has 6 atom stereocenters. The van der Waals surface area contributed by atoms with Crippen molar-refractivity contribution in [2.24, 2.45) is 28.6 Å². The molecule has 168 valence electrons. The molecule has 5 rings (SSSR count). The summed E-state index contributed by atoms with van der Waals surface area (Å²) < 4.78 is 6.25. The van der Waals surface area contributed by atoms with E-state index < -0.39 is 0 Å². The summed E-state index contributed by atoms with van der Waals surface area (Å²) in [5, 5.41) is 0. The van der Waals surface area contributed by atoms with Crippen LogP contribution in [0, 0.1) is 28.6 Å². The Balaban J connectivity index is 1.31. The Morgan fingerprint density at radius 1 is 1.06 bits per heavy atom. The minimum Gasteiger partial charge on any atom is -0.378 e. The highest BCUT2D eigenvalue weighted by Gasteiger charge is 2.56. The van der Waals surface area contributed by atoms with Gasteiger partial charge in [0.2, 0.25) is 0 Å². The zero-order valence-corrected chi connectivity index (χ0v) is 20.0. The molecule has 2 fully saturated rings. The van der Waals surface area contributed by atoms with Crippen molar-refractivity contribution >= 4 is 17.2 Å². The first-order chi connectivity index (χ1) is 15.1. The van der Waals surface area contributed by atoms with E-state index in [1.54, 1.807) is 11.1 Å². The molecule has 0 amide bonds. The molecular weight excluding hydrogens is 402 g/mol. The Kier molecular flexibility index (Phi) is 6.07. The SMILES string of the molecule is C[C@]12CC[C@H](OCCCCCl)CC1=CC[C@@H]1[C@@H]2CC[C@]2(C)C(c3cccnc3)=CC[C@@H]12. The number of pyridine rings is 1. The summed E-state index contributed by atoms with van der Waals surface area (Å²) in [5.74, 6) is 3.18. The standard InChI is InChI=1S/C28H38ClNO/c1-27-13-11-22(31-17-4-3-15-29)18-21(27)7-8-23-25-10-9-24(20-6-5-16-30-19-20)28(25,2)14-12-26(23)27/h5-7,9,16,19,22-23,25-26H,3-4,8,10-15,17-18H2,1-2H3/t22-,23-,25-,26-,27-,28+/m0/s1. The molecule has 0 unspecified atom stereocenters.